The Morgan fingerprint density at radius 1 is 1.33 bits per heavy atom. The maximum absolute atomic E-state index is 12.7. The summed E-state index contributed by atoms with van der Waals surface area (Å²) in [5, 5.41) is 0. The van der Waals surface area contributed by atoms with Gasteiger partial charge in [-0.2, -0.15) is 13.2 Å². The summed E-state index contributed by atoms with van der Waals surface area (Å²) in [5.74, 6) is 4.89. The fourth-order valence-electron chi connectivity index (χ4n) is 0.841. The second-order valence-electron chi connectivity index (χ2n) is 2.50. The fraction of sp³-hybridized carbons (Fsp3) is 0.286. The van der Waals surface area contributed by atoms with E-state index in [2.05, 4.69) is 4.98 Å². The fourth-order valence-corrected chi connectivity index (χ4v) is 0.841. The van der Waals surface area contributed by atoms with Gasteiger partial charge < -0.3 is 5.43 Å². The van der Waals surface area contributed by atoms with Crippen LogP contribution in [0.4, 0.5) is 23.4 Å². The number of anilines is 1. The average Bonchev–Trinajstić information content (AvgIpc) is 2.15. The lowest BCUT2D eigenvalue weighted by Crippen LogP contribution is -2.18. The molecular weight excluding hydrogens is 238 g/mol. The molecule has 86 valence electrons. The quantitative estimate of drug-likeness (QED) is 0.478. The molecule has 0 saturated carbocycles. The lowest BCUT2D eigenvalue weighted by Gasteiger charge is -2.12. The average molecular weight is 246 g/mol. The van der Waals surface area contributed by atoms with Crippen LogP contribution >= 0.6 is 12.4 Å². The Hall–Kier alpha value is -1.08. The summed E-state index contributed by atoms with van der Waals surface area (Å²) >= 11 is 0. The number of hydrazine groups is 1. The Labute approximate surface area is 89.1 Å². The summed E-state index contributed by atoms with van der Waals surface area (Å²) in [6, 6.07) is 3.50. The van der Waals surface area contributed by atoms with Crippen molar-refractivity contribution in [3.8, 4) is 0 Å². The SMILES string of the molecule is Cl.NNc1cccc(C(F)C(F)(F)F)n1. The summed E-state index contributed by atoms with van der Waals surface area (Å²) in [5.41, 5.74) is 1.31. The third-order valence-electron chi connectivity index (χ3n) is 1.47. The first-order valence-corrected chi connectivity index (χ1v) is 3.59. The molecule has 0 aromatic carbocycles. The van der Waals surface area contributed by atoms with E-state index in [1.165, 1.54) is 12.1 Å². The summed E-state index contributed by atoms with van der Waals surface area (Å²) in [4.78, 5) is 3.33. The molecular formula is C7H8ClF4N3. The van der Waals surface area contributed by atoms with Crippen LogP contribution in [-0.2, 0) is 0 Å². The molecule has 0 bridgehead atoms. The Morgan fingerprint density at radius 2 is 1.93 bits per heavy atom. The van der Waals surface area contributed by atoms with E-state index in [1.54, 1.807) is 0 Å². The summed E-state index contributed by atoms with van der Waals surface area (Å²) in [6.07, 6.45) is -8.03. The van der Waals surface area contributed by atoms with Crippen LogP contribution in [0.15, 0.2) is 18.2 Å². The van der Waals surface area contributed by atoms with Gasteiger partial charge in [-0.3, -0.25) is 0 Å². The highest BCUT2D eigenvalue weighted by Crippen LogP contribution is 2.34. The maximum atomic E-state index is 12.7. The van der Waals surface area contributed by atoms with Crippen LogP contribution in [0.3, 0.4) is 0 Å². The Bertz CT molecular complexity index is 317. The van der Waals surface area contributed by atoms with Crippen LogP contribution in [-0.4, -0.2) is 11.2 Å². The highest BCUT2D eigenvalue weighted by molar-refractivity contribution is 5.85. The van der Waals surface area contributed by atoms with Crippen molar-refractivity contribution in [1.82, 2.24) is 4.98 Å². The van der Waals surface area contributed by atoms with Crippen molar-refractivity contribution in [1.29, 1.82) is 0 Å². The molecule has 0 fully saturated rings. The molecule has 3 nitrogen and oxygen atoms in total. The molecule has 0 amide bonds. The summed E-state index contributed by atoms with van der Waals surface area (Å²) in [7, 11) is 0. The van der Waals surface area contributed by atoms with Gasteiger partial charge in [-0.05, 0) is 12.1 Å². The van der Waals surface area contributed by atoms with Crippen LogP contribution in [0.25, 0.3) is 0 Å². The first kappa shape index (κ1) is 13.9. The van der Waals surface area contributed by atoms with E-state index in [0.29, 0.717) is 0 Å². The van der Waals surface area contributed by atoms with Gasteiger partial charge in [0, 0.05) is 0 Å². The van der Waals surface area contributed by atoms with E-state index in [9.17, 15) is 17.6 Å². The molecule has 1 aromatic rings. The second kappa shape index (κ2) is 5.13. The third-order valence-corrected chi connectivity index (χ3v) is 1.47. The Kier molecular flexibility index (Phi) is 4.76. The van der Waals surface area contributed by atoms with Crippen molar-refractivity contribution in [2.24, 2.45) is 5.84 Å². The molecule has 0 saturated heterocycles. The Morgan fingerprint density at radius 3 is 2.40 bits per heavy atom. The summed E-state index contributed by atoms with van der Waals surface area (Å²) < 4.78 is 48.4. The zero-order valence-electron chi connectivity index (χ0n) is 7.25. The Balaban J connectivity index is 0.00000196. The smallest absolute Gasteiger partial charge is 0.308 e. The molecule has 3 N–H and O–H groups in total. The number of nitrogens with two attached hydrogens (primary N) is 1. The van der Waals surface area contributed by atoms with Crippen molar-refractivity contribution in [2.45, 2.75) is 12.3 Å². The molecule has 8 heteroatoms. The minimum absolute atomic E-state index is 0. The number of alkyl halides is 4. The van der Waals surface area contributed by atoms with Gasteiger partial charge in [-0.1, -0.05) is 6.07 Å². The third kappa shape index (κ3) is 3.52. The number of hydrogen-bond donors (Lipinski definition) is 2. The number of halogens is 5. The number of pyridine rings is 1. The van der Waals surface area contributed by atoms with Crippen LogP contribution in [0.2, 0.25) is 0 Å². The number of rotatable bonds is 2. The first-order valence-electron chi connectivity index (χ1n) is 3.59. The lowest BCUT2D eigenvalue weighted by atomic mass is 10.2. The van der Waals surface area contributed by atoms with Crippen molar-refractivity contribution < 1.29 is 17.6 Å². The normalized spacial score (nSPS) is 12.9. The monoisotopic (exact) mass is 245 g/mol. The van der Waals surface area contributed by atoms with Crippen molar-refractivity contribution in [3.63, 3.8) is 0 Å². The number of nitrogens with one attached hydrogen (secondary N) is 1. The van der Waals surface area contributed by atoms with E-state index in [1.807, 2.05) is 5.43 Å². The van der Waals surface area contributed by atoms with Crippen LogP contribution < -0.4 is 11.3 Å². The summed E-state index contributed by atoms with van der Waals surface area (Å²) in [6.45, 7) is 0. The predicted molar refractivity (Wildman–Crippen MR) is 49.2 cm³/mol. The molecule has 1 rings (SSSR count). The molecule has 0 spiro atoms. The van der Waals surface area contributed by atoms with E-state index in [4.69, 9.17) is 5.84 Å². The highest BCUT2D eigenvalue weighted by atomic mass is 35.5. The van der Waals surface area contributed by atoms with Gasteiger partial charge in [-0.25, -0.2) is 15.2 Å². The molecule has 0 aliphatic heterocycles. The number of hydrogen-bond acceptors (Lipinski definition) is 3. The van der Waals surface area contributed by atoms with Crippen molar-refractivity contribution in [3.05, 3.63) is 23.9 Å². The minimum Gasteiger partial charge on any atom is -0.308 e. The molecule has 0 aliphatic rings. The first-order chi connectivity index (χ1) is 6.45. The predicted octanol–water partition coefficient (Wildman–Crippen LogP) is 2.36. The lowest BCUT2D eigenvalue weighted by molar-refractivity contribution is -0.183. The van der Waals surface area contributed by atoms with Gasteiger partial charge in [0.15, 0.2) is 0 Å². The van der Waals surface area contributed by atoms with Gasteiger partial charge in [-0.15, -0.1) is 12.4 Å². The van der Waals surface area contributed by atoms with E-state index in [0.717, 1.165) is 6.07 Å². The minimum atomic E-state index is -4.94. The zero-order chi connectivity index (χ0) is 10.8. The number of nitrogens with zero attached hydrogens (tertiary/aromatic N) is 1. The van der Waals surface area contributed by atoms with Crippen LogP contribution in [0.1, 0.15) is 11.9 Å². The maximum Gasteiger partial charge on any atom is 0.425 e. The van der Waals surface area contributed by atoms with Gasteiger partial charge in [0.1, 0.15) is 5.82 Å². The number of nitrogen functional groups attached to an aromatic ring is 1. The topological polar surface area (TPSA) is 50.9 Å². The standard InChI is InChI=1S/C7H7F4N3.ClH/c8-6(7(9,10)11)4-2-1-3-5(13-4)14-12;/h1-3,6H,12H2,(H,13,14);1H. The van der Waals surface area contributed by atoms with Crippen LogP contribution in [0.5, 0.6) is 0 Å². The highest BCUT2D eigenvalue weighted by Gasteiger charge is 2.42. The second-order valence-corrected chi connectivity index (χ2v) is 2.50. The molecule has 1 aromatic heterocycles. The van der Waals surface area contributed by atoms with Gasteiger partial charge in [0.2, 0.25) is 6.17 Å². The zero-order valence-corrected chi connectivity index (χ0v) is 8.07. The van der Waals surface area contributed by atoms with Crippen molar-refractivity contribution >= 4 is 18.2 Å². The molecule has 0 aliphatic carbocycles. The number of aromatic nitrogens is 1. The van der Waals surface area contributed by atoms with E-state index < -0.39 is 18.0 Å². The molecule has 1 unspecified atom stereocenters. The van der Waals surface area contributed by atoms with E-state index in [-0.39, 0.29) is 18.2 Å². The van der Waals surface area contributed by atoms with Gasteiger partial charge in [0.05, 0.1) is 5.69 Å². The van der Waals surface area contributed by atoms with E-state index >= 15 is 0 Å². The van der Waals surface area contributed by atoms with Crippen LogP contribution in [0, 0.1) is 0 Å². The molecule has 1 heterocycles. The molecule has 15 heavy (non-hydrogen) atoms. The van der Waals surface area contributed by atoms with Gasteiger partial charge in [0.25, 0.3) is 0 Å². The molecule has 1 atom stereocenters. The largest absolute Gasteiger partial charge is 0.425 e. The molecule has 0 radical (unpaired) electrons. The van der Waals surface area contributed by atoms with Gasteiger partial charge >= 0.3 is 6.18 Å². The van der Waals surface area contributed by atoms with Crippen molar-refractivity contribution in [2.75, 3.05) is 5.43 Å².